The van der Waals surface area contributed by atoms with E-state index in [1.807, 2.05) is 6.07 Å². The van der Waals surface area contributed by atoms with Crippen LogP contribution in [0.5, 0.6) is 0 Å². The van der Waals surface area contributed by atoms with E-state index in [4.69, 9.17) is 0 Å². The fraction of sp³-hybridized carbons (Fsp3) is 0.111. The summed E-state index contributed by atoms with van der Waals surface area (Å²) in [6.45, 7) is 2.04. The van der Waals surface area contributed by atoms with E-state index in [2.05, 4.69) is 25.6 Å². The topological polar surface area (TPSA) is 79.8 Å². The molecule has 3 aromatic rings. The number of hydrogen-bond acceptors (Lipinski definition) is 5. The smallest absolute Gasteiger partial charge is 0.274 e. The molecule has 1 amide bonds. The fourth-order valence-corrected chi connectivity index (χ4v) is 2.26. The second-order valence-electron chi connectivity index (χ2n) is 5.61. The number of halogens is 3. The summed E-state index contributed by atoms with van der Waals surface area (Å²) in [5, 5.41) is 5.14. The molecule has 0 saturated carbocycles. The molecule has 0 spiro atoms. The molecule has 1 aromatic carbocycles. The number of anilines is 2. The van der Waals surface area contributed by atoms with Gasteiger partial charge in [-0.3, -0.25) is 9.78 Å². The molecule has 0 aliphatic carbocycles. The van der Waals surface area contributed by atoms with Crippen LogP contribution in [0.3, 0.4) is 0 Å². The van der Waals surface area contributed by atoms with Crippen molar-refractivity contribution < 1.29 is 18.0 Å². The molecule has 0 atom stereocenters. The van der Waals surface area contributed by atoms with Crippen LogP contribution in [0.2, 0.25) is 0 Å². The minimum atomic E-state index is -1.66. The van der Waals surface area contributed by atoms with Crippen molar-refractivity contribution in [2.45, 2.75) is 13.5 Å². The van der Waals surface area contributed by atoms with E-state index in [0.717, 1.165) is 17.7 Å². The second-order valence-corrected chi connectivity index (χ2v) is 5.61. The number of benzene rings is 1. The number of nitrogens with one attached hydrogen (secondary N) is 2. The van der Waals surface area contributed by atoms with Gasteiger partial charge in [0.1, 0.15) is 5.69 Å². The maximum atomic E-state index is 13.7. The quantitative estimate of drug-likeness (QED) is 0.670. The predicted octanol–water partition coefficient (Wildman–Crippen LogP) is 3.46. The molecule has 2 heterocycles. The van der Waals surface area contributed by atoms with E-state index in [1.165, 1.54) is 6.07 Å². The first-order chi connectivity index (χ1) is 12.9. The van der Waals surface area contributed by atoms with Crippen molar-refractivity contribution in [3.63, 3.8) is 0 Å². The minimum absolute atomic E-state index is 0.0553. The summed E-state index contributed by atoms with van der Waals surface area (Å²) in [6, 6.07) is 6.68. The van der Waals surface area contributed by atoms with Crippen LogP contribution in [0.25, 0.3) is 0 Å². The summed E-state index contributed by atoms with van der Waals surface area (Å²) in [5.74, 6) is -5.08. The Balaban J connectivity index is 1.77. The Bertz CT molecular complexity index is 982. The summed E-state index contributed by atoms with van der Waals surface area (Å²) in [4.78, 5) is 24.6. The van der Waals surface area contributed by atoms with Gasteiger partial charge in [0, 0.05) is 24.6 Å². The normalized spacial score (nSPS) is 10.5. The van der Waals surface area contributed by atoms with Crippen LogP contribution in [-0.4, -0.2) is 20.9 Å². The highest BCUT2D eigenvalue weighted by Gasteiger charge is 2.17. The molecule has 6 nitrogen and oxygen atoms in total. The number of aromatic nitrogens is 3. The number of aryl methyl sites for hydroxylation is 1. The van der Waals surface area contributed by atoms with Crippen molar-refractivity contribution in [1.82, 2.24) is 15.0 Å². The van der Waals surface area contributed by atoms with E-state index in [-0.39, 0.29) is 11.6 Å². The number of nitrogens with zero attached hydrogens (tertiary/aromatic N) is 3. The van der Waals surface area contributed by atoms with Crippen LogP contribution in [0.4, 0.5) is 24.8 Å². The zero-order chi connectivity index (χ0) is 19.4. The highest BCUT2D eigenvalue weighted by Crippen LogP contribution is 2.20. The van der Waals surface area contributed by atoms with Gasteiger partial charge in [-0.1, -0.05) is 6.07 Å². The molecule has 0 aliphatic rings. The van der Waals surface area contributed by atoms with Gasteiger partial charge in [-0.25, -0.2) is 23.1 Å². The molecular weight excluding hydrogens is 359 g/mol. The summed E-state index contributed by atoms with van der Waals surface area (Å²) in [5.41, 5.74) is 0.840. The maximum Gasteiger partial charge on any atom is 0.274 e. The van der Waals surface area contributed by atoms with E-state index in [0.29, 0.717) is 12.2 Å². The molecule has 9 heteroatoms. The Labute approximate surface area is 152 Å². The summed E-state index contributed by atoms with van der Waals surface area (Å²) >= 11 is 0. The van der Waals surface area contributed by atoms with Gasteiger partial charge in [0.15, 0.2) is 17.5 Å². The van der Waals surface area contributed by atoms with Gasteiger partial charge >= 0.3 is 0 Å². The number of rotatable bonds is 5. The third-order valence-corrected chi connectivity index (χ3v) is 3.54. The Hall–Kier alpha value is -3.49. The second kappa shape index (κ2) is 7.81. The first kappa shape index (κ1) is 18.3. The highest BCUT2D eigenvalue weighted by atomic mass is 19.2. The van der Waals surface area contributed by atoms with Crippen LogP contribution in [0.1, 0.15) is 21.7 Å². The Morgan fingerprint density at radius 1 is 1.11 bits per heavy atom. The predicted molar refractivity (Wildman–Crippen MR) is 92.6 cm³/mol. The molecule has 0 aliphatic heterocycles. The molecule has 0 fully saturated rings. The maximum absolute atomic E-state index is 13.7. The lowest BCUT2D eigenvalue weighted by molar-refractivity contribution is 0.102. The van der Waals surface area contributed by atoms with Crippen LogP contribution >= 0.6 is 0 Å². The number of carbonyl (C=O) groups is 1. The molecule has 0 radical (unpaired) electrons. The van der Waals surface area contributed by atoms with Gasteiger partial charge in [-0.05, 0) is 36.8 Å². The van der Waals surface area contributed by atoms with E-state index in [9.17, 15) is 18.0 Å². The van der Waals surface area contributed by atoms with Crippen LogP contribution in [0, 0.1) is 24.4 Å². The van der Waals surface area contributed by atoms with Gasteiger partial charge in [0.2, 0.25) is 5.95 Å². The molecule has 138 valence electrons. The Kier molecular flexibility index (Phi) is 5.30. The Morgan fingerprint density at radius 2 is 1.93 bits per heavy atom. The molecule has 0 unspecified atom stereocenters. The van der Waals surface area contributed by atoms with Gasteiger partial charge in [-0.15, -0.1) is 0 Å². The number of carbonyl (C=O) groups excluding carboxylic acids is 1. The third-order valence-electron chi connectivity index (χ3n) is 3.54. The van der Waals surface area contributed by atoms with Crippen LogP contribution in [-0.2, 0) is 6.54 Å². The molecular formula is C18H14F3N5O. The number of amides is 1. The first-order valence-electron chi connectivity index (χ1n) is 7.87. The average Bonchev–Trinajstić information content (AvgIpc) is 2.67. The average molecular weight is 373 g/mol. The fourth-order valence-electron chi connectivity index (χ4n) is 2.26. The largest absolute Gasteiger partial charge is 0.350 e. The van der Waals surface area contributed by atoms with Gasteiger partial charge in [0.25, 0.3) is 5.91 Å². The van der Waals surface area contributed by atoms with Crippen molar-refractivity contribution in [3.05, 3.63) is 77.1 Å². The van der Waals surface area contributed by atoms with Gasteiger partial charge in [-0.2, -0.15) is 0 Å². The van der Waals surface area contributed by atoms with Gasteiger partial charge in [0.05, 0.1) is 5.69 Å². The van der Waals surface area contributed by atoms with Crippen molar-refractivity contribution in [1.29, 1.82) is 0 Å². The lowest BCUT2D eigenvalue weighted by atomic mass is 10.2. The lowest BCUT2D eigenvalue weighted by Gasteiger charge is -2.10. The number of pyridine rings is 1. The van der Waals surface area contributed by atoms with Crippen LogP contribution in [0.15, 0.2) is 42.7 Å². The van der Waals surface area contributed by atoms with Crippen molar-refractivity contribution in [2.75, 3.05) is 10.6 Å². The standard InChI is InChI=1S/C18H14F3N5O/c1-10-7-14(17(27)25-13-5-4-12(19)15(20)16(13)21)26-18(24-10)23-9-11-3-2-6-22-8-11/h2-8H,9H2,1H3,(H,25,27)(H,23,24,26). The summed E-state index contributed by atoms with van der Waals surface area (Å²) < 4.78 is 40.0. The monoisotopic (exact) mass is 373 g/mol. The summed E-state index contributed by atoms with van der Waals surface area (Å²) in [7, 11) is 0. The summed E-state index contributed by atoms with van der Waals surface area (Å²) in [6.07, 6.45) is 3.31. The number of hydrogen-bond donors (Lipinski definition) is 2. The van der Waals surface area contributed by atoms with E-state index < -0.39 is 29.0 Å². The molecule has 2 N–H and O–H groups in total. The lowest BCUT2D eigenvalue weighted by Crippen LogP contribution is -2.17. The Morgan fingerprint density at radius 3 is 2.67 bits per heavy atom. The molecule has 27 heavy (non-hydrogen) atoms. The zero-order valence-corrected chi connectivity index (χ0v) is 14.1. The van der Waals surface area contributed by atoms with Crippen molar-refractivity contribution in [2.24, 2.45) is 0 Å². The first-order valence-corrected chi connectivity index (χ1v) is 7.87. The van der Waals surface area contributed by atoms with Crippen molar-refractivity contribution in [3.8, 4) is 0 Å². The third kappa shape index (κ3) is 4.38. The van der Waals surface area contributed by atoms with Crippen LogP contribution < -0.4 is 10.6 Å². The molecule has 0 bridgehead atoms. The van der Waals surface area contributed by atoms with E-state index >= 15 is 0 Å². The van der Waals surface area contributed by atoms with Crippen molar-refractivity contribution >= 4 is 17.5 Å². The minimum Gasteiger partial charge on any atom is -0.350 e. The van der Waals surface area contributed by atoms with Gasteiger partial charge < -0.3 is 10.6 Å². The molecule has 3 rings (SSSR count). The molecule has 2 aromatic heterocycles. The SMILES string of the molecule is Cc1cc(C(=O)Nc2ccc(F)c(F)c2F)nc(NCc2cccnc2)n1. The zero-order valence-electron chi connectivity index (χ0n) is 14.1. The molecule has 0 saturated heterocycles. The highest BCUT2D eigenvalue weighted by molar-refractivity contribution is 6.03. The van der Waals surface area contributed by atoms with E-state index in [1.54, 1.807) is 25.4 Å².